The van der Waals surface area contributed by atoms with Crippen LogP contribution in [0.2, 0.25) is 0 Å². The van der Waals surface area contributed by atoms with Crippen LogP contribution in [0, 0.1) is 6.92 Å². The van der Waals surface area contributed by atoms with E-state index < -0.39 is 6.03 Å². The van der Waals surface area contributed by atoms with E-state index in [1.54, 1.807) is 6.08 Å². The number of hydrogen-bond acceptors (Lipinski definition) is 4. The van der Waals surface area contributed by atoms with Gasteiger partial charge < -0.3 is 14.6 Å². The van der Waals surface area contributed by atoms with Crippen LogP contribution in [-0.2, 0) is 11.3 Å². The van der Waals surface area contributed by atoms with Crippen molar-refractivity contribution in [2.45, 2.75) is 39.2 Å². The minimum Gasteiger partial charge on any atom is -0.441 e. The van der Waals surface area contributed by atoms with Crippen LogP contribution in [0.25, 0.3) is 6.08 Å². The second-order valence-electron chi connectivity index (χ2n) is 7.44. The Balaban J connectivity index is 1.47. The van der Waals surface area contributed by atoms with Gasteiger partial charge in [0.2, 0.25) is 0 Å². The van der Waals surface area contributed by atoms with E-state index in [0.717, 1.165) is 30.1 Å². The molecule has 1 aromatic heterocycles. The minimum atomic E-state index is -0.406. The number of carbonyl (C=O) groups excluding carboxylic acids is 2. The fourth-order valence-corrected chi connectivity index (χ4v) is 3.61. The Labute approximate surface area is 164 Å². The van der Waals surface area contributed by atoms with Crippen molar-refractivity contribution in [3.05, 3.63) is 59.0 Å². The van der Waals surface area contributed by atoms with Crippen LogP contribution in [0.15, 0.2) is 46.5 Å². The molecule has 1 N–H and O–H groups in total. The van der Waals surface area contributed by atoms with Gasteiger partial charge in [-0.1, -0.05) is 42.7 Å². The highest BCUT2D eigenvalue weighted by Crippen LogP contribution is 2.24. The summed E-state index contributed by atoms with van der Waals surface area (Å²) in [4.78, 5) is 28.4. The highest BCUT2D eigenvalue weighted by molar-refractivity contribution is 6.13. The van der Waals surface area contributed by atoms with Crippen molar-refractivity contribution in [1.82, 2.24) is 10.2 Å². The number of furan rings is 1. The van der Waals surface area contributed by atoms with Crippen LogP contribution in [0.3, 0.4) is 0 Å². The van der Waals surface area contributed by atoms with Gasteiger partial charge in [0.25, 0.3) is 5.91 Å². The molecule has 0 aliphatic carbocycles. The fourth-order valence-electron chi connectivity index (χ4n) is 3.61. The Morgan fingerprint density at radius 1 is 1.00 bits per heavy atom. The summed E-state index contributed by atoms with van der Waals surface area (Å²) in [5.74, 6) is 1.06. The Bertz CT molecular complexity index is 890. The van der Waals surface area contributed by atoms with Crippen molar-refractivity contribution in [1.29, 1.82) is 0 Å². The number of nitrogens with one attached hydrogen (secondary N) is 1. The molecular weight excluding hydrogens is 354 g/mol. The molecule has 0 atom stereocenters. The second kappa shape index (κ2) is 7.92. The van der Waals surface area contributed by atoms with Gasteiger partial charge in [-0.25, -0.2) is 4.79 Å². The molecule has 0 radical (unpaired) electrons. The zero-order chi connectivity index (χ0) is 19.5. The predicted octanol–water partition coefficient (Wildman–Crippen LogP) is 4.06. The van der Waals surface area contributed by atoms with Crippen LogP contribution < -0.4 is 10.2 Å². The van der Waals surface area contributed by atoms with Gasteiger partial charge in [0.15, 0.2) is 5.88 Å². The third kappa shape index (κ3) is 3.96. The van der Waals surface area contributed by atoms with E-state index in [1.165, 1.54) is 30.6 Å². The summed E-state index contributed by atoms with van der Waals surface area (Å²) in [7, 11) is 0. The standard InChI is InChI=1S/C22H25N3O3/c1-16-6-8-17(9-7-16)15-25-21(26)19(23-22(25)27)14-18-10-11-20(28-18)24-12-4-2-3-5-13-24/h6-11,14H,2-5,12-13,15H2,1H3,(H,23,27)/b19-14+. The van der Waals surface area contributed by atoms with E-state index >= 15 is 0 Å². The first-order valence-corrected chi connectivity index (χ1v) is 9.85. The molecular formula is C22H25N3O3. The summed E-state index contributed by atoms with van der Waals surface area (Å²) in [5, 5.41) is 2.66. The molecule has 6 heteroatoms. The molecule has 3 amide bonds. The highest BCUT2D eigenvalue weighted by atomic mass is 16.4. The average molecular weight is 379 g/mol. The summed E-state index contributed by atoms with van der Waals surface area (Å²) in [6, 6.07) is 11.2. The van der Waals surface area contributed by atoms with Gasteiger partial charge in [0.1, 0.15) is 11.5 Å². The number of anilines is 1. The largest absolute Gasteiger partial charge is 0.441 e. The van der Waals surface area contributed by atoms with Crippen molar-refractivity contribution < 1.29 is 14.0 Å². The third-order valence-corrected chi connectivity index (χ3v) is 5.24. The molecule has 0 bridgehead atoms. The lowest BCUT2D eigenvalue weighted by Crippen LogP contribution is -2.30. The Morgan fingerprint density at radius 2 is 1.71 bits per heavy atom. The molecule has 0 spiro atoms. The number of urea groups is 1. The highest BCUT2D eigenvalue weighted by Gasteiger charge is 2.33. The monoisotopic (exact) mass is 379 g/mol. The molecule has 146 valence electrons. The first kappa shape index (κ1) is 18.3. The van der Waals surface area contributed by atoms with E-state index in [1.807, 2.05) is 43.3 Å². The SMILES string of the molecule is Cc1ccc(CN2C(=O)N/C(=C/c3ccc(N4CCCCCC4)o3)C2=O)cc1. The molecule has 0 unspecified atom stereocenters. The van der Waals surface area contributed by atoms with Gasteiger partial charge in [-0.3, -0.25) is 9.69 Å². The lowest BCUT2D eigenvalue weighted by molar-refractivity contribution is -0.123. The maximum atomic E-state index is 12.7. The van der Waals surface area contributed by atoms with Crippen LogP contribution in [-0.4, -0.2) is 29.9 Å². The molecule has 28 heavy (non-hydrogen) atoms. The van der Waals surface area contributed by atoms with E-state index in [0.29, 0.717) is 5.76 Å². The summed E-state index contributed by atoms with van der Waals surface area (Å²) < 4.78 is 5.92. The van der Waals surface area contributed by atoms with Gasteiger partial charge in [0.05, 0.1) is 6.54 Å². The molecule has 2 fully saturated rings. The first-order chi connectivity index (χ1) is 13.6. The van der Waals surface area contributed by atoms with Crippen molar-refractivity contribution in [2.75, 3.05) is 18.0 Å². The topological polar surface area (TPSA) is 65.8 Å². The molecule has 4 rings (SSSR count). The lowest BCUT2D eigenvalue weighted by atomic mass is 10.1. The predicted molar refractivity (Wildman–Crippen MR) is 108 cm³/mol. The minimum absolute atomic E-state index is 0.244. The van der Waals surface area contributed by atoms with Gasteiger partial charge >= 0.3 is 6.03 Å². The summed E-state index contributed by atoms with van der Waals surface area (Å²) in [6.07, 6.45) is 6.45. The first-order valence-electron chi connectivity index (χ1n) is 9.85. The maximum Gasteiger partial charge on any atom is 0.329 e. The molecule has 2 aliphatic heterocycles. The quantitative estimate of drug-likeness (QED) is 0.643. The Kier molecular flexibility index (Phi) is 5.19. The Hall–Kier alpha value is -3.02. The smallest absolute Gasteiger partial charge is 0.329 e. The summed E-state index contributed by atoms with van der Waals surface area (Å²) in [6.45, 7) is 4.23. The fraction of sp³-hybridized carbons (Fsp3) is 0.364. The summed E-state index contributed by atoms with van der Waals surface area (Å²) >= 11 is 0. The van der Waals surface area contributed by atoms with E-state index in [4.69, 9.17) is 4.42 Å². The second-order valence-corrected chi connectivity index (χ2v) is 7.44. The molecule has 2 aliphatic rings. The molecule has 1 aromatic carbocycles. The molecule has 0 saturated carbocycles. The van der Waals surface area contributed by atoms with Gasteiger partial charge in [0, 0.05) is 25.2 Å². The number of benzene rings is 1. The number of carbonyl (C=O) groups is 2. The maximum absolute atomic E-state index is 12.7. The van der Waals surface area contributed by atoms with E-state index in [9.17, 15) is 9.59 Å². The molecule has 3 heterocycles. The number of amides is 3. The summed E-state index contributed by atoms with van der Waals surface area (Å²) in [5.41, 5.74) is 2.30. The number of rotatable bonds is 4. The lowest BCUT2D eigenvalue weighted by Gasteiger charge is -2.18. The molecule has 6 nitrogen and oxygen atoms in total. The van der Waals surface area contributed by atoms with Gasteiger partial charge in [-0.15, -0.1) is 0 Å². The van der Waals surface area contributed by atoms with Crippen LogP contribution in [0.5, 0.6) is 0 Å². The van der Waals surface area contributed by atoms with Crippen LogP contribution in [0.1, 0.15) is 42.6 Å². The normalized spacial score (nSPS) is 19.2. The van der Waals surface area contributed by atoms with Crippen LogP contribution in [0.4, 0.5) is 10.7 Å². The van der Waals surface area contributed by atoms with Gasteiger partial charge in [-0.05, 0) is 31.4 Å². The molecule has 2 aromatic rings. The van der Waals surface area contributed by atoms with E-state index in [-0.39, 0.29) is 18.1 Å². The Morgan fingerprint density at radius 3 is 2.43 bits per heavy atom. The van der Waals surface area contributed by atoms with Crippen molar-refractivity contribution in [3.63, 3.8) is 0 Å². The number of aryl methyl sites for hydroxylation is 1. The van der Waals surface area contributed by atoms with E-state index in [2.05, 4.69) is 10.2 Å². The third-order valence-electron chi connectivity index (χ3n) is 5.24. The number of hydrogen-bond donors (Lipinski definition) is 1. The average Bonchev–Trinajstić information content (AvgIpc) is 3.12. The number of imide groups is 1. The zero-order valence-corrected chi connectivity index (χ0v) is 16.1. The van der Waals surface area contributed by atoms with Crippen molar-refractivity contribution >= 4 is 23.9 Å². The zero-order valence-electron chi connectivity index (χ0n) is 16.1. The van der Waals surface area contributed by atoms with Gasteiger partial charge in [-0.2, -0.15) is 0 Å². The van der Waals surface area contributed by atoms with Crippen LogP contribution >= 0.6 is 0 Å². The molecule has 2 saturated heterocycles. The number of nitrogens with zero attached hydrogens (tertiary/aromatic N) is 2. The van der Waals surface area contributed by atoms with Crippen molar-refractivity contribution in [2.24, 2.45) is 0 Å². The van der Waals surface area contributed by atoms with Crippen molar-refractivity contribution in [3.8, 4) is 0 Å².